The minimum Gasteiger partial charge on any atom is -0.468 e. The summed E-state index contributed by atoms with van der Waals surface area (Å²) in [6, 6.07) is -0.410. The molecule has 1 unspecified atom stereocenters. The van der Waals surface area contributed by atoms with Gasteiger partial charge in [0.25, 0.3) is 0 Å². The fourth-order valence-electron chi connectivity index (χ4n) is 2.09. The Kier molecular flexibility index (Phi) is 6.27. The third-order valence-electron chi connectivity index (χ3n) is 2.95. The monoisotopic (exact) mass is 272 g/mol. The molecule has 1 fully saturated rings. The van der Waals surface area contributed by atoms with Gasteiger partial charge in [0, 0.05) is 0 Å². The summed E-state index contributed by atoms with van der Waals surface area (Å²) in [5.74, 6) is -0.821. The van der Waals surface area contributed by atoms with E-state index in [1.807, 2.05) is 0 Å². The van der Waals surface area contributed by atoms with Crippen molar-refractivity contribution in [3.05, 3.63) is 0 Å². The van der Waals surface area contributed by atoms with E-state index in [0.717, 1.165) is 12.8 Å². The predicted octanol–water partition coefficient (Wildman–Crippen LogP) is 0.287. The molecule has 1 saturated heterocycles. The molecular weight excluding hydrogens is 252 g/mol. The molecule has 0 aromatic carbocycles. The summed E-state index contributed by atoms with van der Waals surface area (Å²) in [6.45, 7) is 2.48. The average Bonchev–Trinajstić information content (AvgIpc) is 2.38. The molecule has 1 aliphatic heterocycles. The third-order valence-corrected chi connectivity index (χ3v) is 2.95. The molecule has 1 rings (SSSR count). The van der Waals surface area contributed by atoms with Gasteiger partial charge in [0.1, 0.15) is 6.04 Å². The van der Waals surface area contributed by atoms with Crippen LogP contribution in [0.5, 0.6) is 0 Å². The standard InChI is InChI=1S/C12H20N2O5/c1-3-19-12(17)13-10(15)8-14-7-5-4-6-9(14)11(16)18-2/h9H,3-8H2,1-2H3,(H,13,15,17). The average molecular weight is 272 g/mol. The van der Waals surface area contributed by atoms with Crippen LogP contribution in [0.2, 0.25) is 0 Å². The van der Waals surface area contributed by atoms with Gasteiger partial charge in [0.15, 0.2) is 0 Å². The zero-order valence-electron chi connectivity index (χ0n) is 11.3. The van der Waals surface area contributed by atoms with Gasteiger partial charge in [0.2, 0.25) is 5.91 Å². The number of piperidine rings is 1. The van der Waals surface area contributed by atoms with Gasteiger partial charge in [-0.1, -0.05) is 6.42 Å². The van der Waals surface area contributed by atoms with Crippen LogP contribution in [0, 0.1) is 0 Å². The number of esters is 1. The van der Waals surface area contributed by atoms with Crippen molar-refractivity contribution in [2.24, 2.45) is 0 Å². The van der Waals surface area contributed by atoms with Gasteiger partial charge in [-0.15, -0.1) is 0 Å². The normalized spacial score (nSPS) is 19.6. The van der Waals surface area contributed by atoms with Crippen LogP contribution < -0.4 is 5.32 Å². The number of imide groups is 1. The van der Waals surface area contributed by atoms with Crippen molar-refractivity contribution in [3.63, 3.8) is 0 Å². The fourth-order valence-corrected chi connectivity index (χ4v) is 2.09. The number of rotatable bonds is 4. The van der Waals surface area contributed by atoms with Gasteiger partial charge in [-0.2, -0.15) is 0 Å². The maximum atomic E-state index is 11.6. The van der Waals surface area contributed by atoms with Gasteiger partial charge in [-0.3, -0.25) is 19.8 Å². The van der Waals surface area contributed by atoms with Gasteiger partial charge >= 0.3 is 12.1 Å². The molecule has 1 aliphatic rings. The highest BCUT2D eigenvalue weighted by Gasteiger charge is 2.30. The Balaban J connectivity index is 2.50. The lowest BCUT2D eigenvalue weighted by Crippen LogP contribution is -2.50. The van der Waals surface area contributed by atoms with Crippen molar-refractivity contribution in [1.29, 1.82) is 0 Å². The number of amides is 2. The van der Waals surface area contributed by atoms with E-state index in [1.54, 1.807) is 11.8 Å². The summed E-state index contributed by atoms with van der Waals surface area (Å²) in [7, 11) is 1.33. The van der Waals surface area contributed by atoms with E-state index < -0.39 is 18.0 Å². The Bertz CT molecular complexity index is 345. The highest BCUT2D eigenvalue weighted by atomic mass is 16.5. The van der Waals surface area contributed by atoms with Crippen molar-refractivity contribution in [1.82, 2.24) is 10.2 Å². The lowest BCUT2D eigenvalue weighted by Gasteiger charge is -2.32. The number of hydrogen-bond acceptors (Lipinski definition) is 6. The Labute approximate surface area is 112 Å². The fraction of sp³-hybridized carbons (Fsp3) is 0.750. The van der Waals surface area contributed by atoms with Gasteiger partial charge in [-0.25, -0.2) is 4.79 Å². The van der Waals surface area contributed by atoms with E-state index in [4.69, 9.17) is 4.74 Å². The van der Waals surface area contributed by atoms with Crippen LogP contribution in [0.3, 0.4) is 0 Å². The number of carbonyl (C=O) groups excluding carboxylic acids is 3. The number of methoxy groups -OCH3 is 1. The summed E-state index contributed by atoms with van der Waals surface area (Å²) in [4.78, 5) is 36.1. The minimum absolute atomic E-state index is 0.0153. The molecule has 1 heterocycles. The van der Waals surface area contributed by atoms with Crippen LogP contribution in [0.15, 0.2) is 0 Å². The van der Waals surface area contributed by atoms with Crippen molar-refractivity contribution >= 4 is 18.0 Å². The van der Waals surface area contributed by atoms with E-state index in [1.165, 1.54) is 7.11 Å². The molecule has 0 aromatic heterocycles. The molecule has 0 bridgehead atoms. The first-order valence-corrected chi connectivity index (χ1v) is 6.37. The molecule has 0 aliphatic carbocycles. The second-order valence-electron chi connectivity index (χ2n) is 4.27. The molecule has 1 N–H and O–H groups in total. The van der Waals surface area contributed by atoms with Crippen molar-refractivity contribution in [2.75, 3.05) is 26.8 Å². The van der Waals surface area contributed by atoms with Crippen LogP contribution in [0.4, 0.5) is 4.79 Å². The quantitative estimate of drug-likeness (QED) is 0.740. The highest BCUT2D eigenvalue weighted by Crippen LogP contribution is 2.17. The highest BCUT2D eigenvalue weighted by molar-refractivity contribution is 5.93. The number of nitrogens with one attached hydrogen (secondary N) is 1. The number of ether oxygens (including phenoxy) is 2. The summed E-state index contributed by atoms with van der Waals surface area (Å²) in [5.41, 5.74) is 0. The number of nitrogens with zero attached hydrogens (tertiary/aromatic N) is 1. The maximum absolute atomic E-state index is 11.6. The van der Waals surface area contributed by atoms with E-state index in [2.05, 4.69) is 10.1 Å². The summed E-state index contributed by atoms with van der Waals surface area (Å²) < 4.78 is 9.33. The van der Waals surface area contributed by atoms with Gasteiger partial charge in [-0.05, 0) is 26.3 Å². The number of likely N-dealkylation sites (tertiary alicyclic amines) is 1. The Morgan fingerprint density at radius 1 is 1.32 bits per heavy atom. The Morgan fingerprint density at radius 3 is 2.68 bits per heavy atom. The summed E-state index contributed by atoms with van der Waals surface area (Å²) in [5, 5.41) is 2.11. The molecule has 7 heteroatoms. The SMILES string of the molecule is CCOC(=O)NC(=O)CN1CCCCC1C(=O)OC. The maximum Gasteiger partial charge on any atom is 0.413 e. The first-order valence-electron chi connectivity index (χ1n) is 6.37. The minimum atomic E-state index is -0.765. The zero-order chi connectivity index (χ0) is 14.3. The van der Waals surface area contributed by atoms with Crippen molar-refractivity contribution in [2.45, 2.75) is 32.2 Å². The van der Waals surface area contributed by atoms with Crippen LogP contribution in [-0.2, 0) is 19.1 Å². The van der Waals surface area contributed by atoms with E-state index in [0.29, 0.717) is 13.0 Å². The Morgan fingerprint density at radius 2 is 2.05 bits per heavy atom. The number of alkyl carbamates (subject to hydrolysis) is 1. The lowest BCUT2D eigenvalue weighted by molar-refractivity contribution is -0.148. The Hall–Kier alpha value is -1.63. The summed E-state index contributed by atoms with van der Waals surface area (Å²) in [6.07, 6.45) is 1.74. The van der Waals surface area contributed by atoms with E-state index >= 15 is 0 Å². The second kappa shape index (κ2) is 7.73. The topological polar surface area (TPSA) is 84.9 Å². The molecule has 7 nitrogen and oxygen atoms in total. The third kappa shape index (κ3) is 4.86. The molecule has 0 saturated carbocycles. The van der Waals surface area contributed by atoms with Crippen molar-refractivity contribution in [3.8, 4) is 0 Å². The first kappa shape index (κ1) is 15.4. The van der Waals surface area contributed by atoms with Gasteiger partial charge in [0.05, 0.1) is 20.3 Å². The van der Waals surface area contributed by atoms with Crippen LogP contribution in [0.25, 0.3) is 0 Å². The zero-order valence-corrected chi connectivity index (χ0v) is 11.3. The van der Waals surface area contributed by atoms with Crippen LogP contribution in [0.1, 0.15) is 26.2 Å². The lowest BCUT2D eigenvalue weighted by atomic mass is 10.0. The molecule has 19 heavy (non-hydrogen) atoms. The second-order valence-corrected chi connectivity index (χ2v) is 4.27. The molecule has 2 amide bonds. The number of carbonyl (C=O) groups is 3. The molecule has 108 valence electrons. The summed E-state index contributed by atoms with van der Waals surface area (Å²) >= 11 is 0. The number of hydrogen-bond donors (Lipinski definition) is 1. The van der Waals surface area contributed by atoms with Crippen molar-refractivity contribution < 1.29 is 23.9 Å². The predicted molar refractivity (Wildman–Crippen MR) is 66.4 cm³/mol. The van der Waals surface area contributed by atoms with Gasteiger partial charge < -0.3 is 9.47 Å². The molecule has 0 spiro atoms. The first-order chi connectivity index (χ1) is 9.08. The van der Waals surface area contributed by atoms with E-state index in [-0.39, 0.29) is 19.1 Å². The van der Waals surface area contributed by atoms with E-state index in [9.17, 15) is 14.4 Å². The molecular formula is C12H20N2O5. The van der Waals surface area contributed by atoms with Crippen LogP contribution >= 0.6 is 0 Å². The smallest absolute Gasteiger partial charge is 0.413 e. The molecule has 0 radical (unpaired) electrons. The molecule has 0 aromatic rings. The molecule has 1 atom stereocenters. The van der Waals surface area contributed by atoms with Crippen LogP contribution in [-0.4, -0.2) is 55.7 Å². The largest absolute Gasteiger partial charge is 0.468 e.